The molecule has 8 heteroatoms. The van der Waals surface area contributed by atoms with Gasteiger partial charge in [-0.15, -0.1) is 0 Å². The van der Waals surface area contributed by atoms with Gasteiger partial charge < -0.3 is 14.6 Å². The molecule has 2 aliphatic rings. The van der Waals surface area contributed by atoms with Crippen molar-refractivity contribution in [3.8, 4) is 6.07 Å². The molecular formula is C27H37N5O3. The van der Waals surface area contributed by atoms with Crippen molar-refractivity contribution in [2.24, 2.45) is 11.8 Å². The normalized spacial score (nSPS) is 22.7. The number of para-hydroxylation sites is 1. The van der Waals surface area contributed by atoms with Crippen molar-refractivity contribution < 1.29 is 14.7 Å². The number of benzene rings is 1. The van der Waals surface area contributed by atoms with E-state index < -0.39 is 18.0 Å². The molecule has 3 N–H and O–H groups in total. The van der Waals surface area contributed by atoms with Gasteiger partial charge in [0, 0.05) is 48.8 Å². The van der Waals surface area contributed by atoms with E-state index in [1.165, 1.54) is 31.8 Å². The summed E-state index contributed by atoms with van der Waals surface area (Å²) >= 11 is 0. The number of ketones is 1. The minimum absolute atomic E-state index is 0.282. The summed E-state index contributed by atoms with van der Waals surface area (Å²) < 4.78 is 2.35. The summed E-state index contributed by atoms with van der Waals surface area (Å²) in [4.78, 5) is 25.6. The molecule has 188 valence electrons. The lowest BCUT2D eigenvalue weighted by Gasteiger charge is -2.42. The Balaban J connectivity index is 1.42. The van der Waals surface area contributed by atoms with Crippen LogP contribution in [-0.2, 0) is 11.3 Å². The molecule has 1 saturated heterocycles. The summed E-state index contributed by atoms with van der Waals surface area (Å²) in [5, 5.41) is 24.0. The summed E-state index contributed by atoms with van der Waals surface area (Å²) in [7, 11) is 0. The number of Topliss-reactive ketones (excluding diaryl/α,β-unsaturated/α-hetero) is 1. The molecule has 1 aromatic carbocycles. The predicted octanol–water partition coefficient (Wildman–Crippen LogP) is 4.27. The standard InChI is InChI=1S/C27H37N5O3/c1-18(2)19-7-9-21(10-8-19)31-13-11-22(12-14-31)32-17-20(23-5-3-4-6-24(23)32)16-29-26(25(33)15-28)30-27(34)35/h3-6,17-19,21-22,26,29-30H,7-14,16H2,1-2H3,(H,34,35)/t19-,21+,26?. The summed E-state index contributed by atoms with van der Waals surface area (Å²) in [5.41, 5.74) is 2.13. The van der Waals surface area contributed by atoms with Crippen molar-refractivity contribution in [2.75, 3.05) is 13.1 Å². The molecule has 1 atom stereocenters. The van der Waals surface area contributed by atoms with Crippen molar-refractivity contribution in [2.45, 2.75) is 77.2 Å². The first-order valence-electron chi connectivity index (χ1n) is 12.9. The van der Waals surface area contributed by atoms with Crippen LogP contribution >= 0.6 is 0 Å². The second-order valence-electron chi connectivity index (χ2n) is 10.4. The molecule has 1 aliphatic heterocycles. The third kappa shape index (κ3) is 5.85. The Labute approximate surface area is 207 Å². The average Bonchev–Trinajstić information content (AvgIpc) is 3.24. The van der Waals surface area contributed by atoms with E-state index in [4.69, 9.17) is 10.4 Å². The predicted molar refractivity (Wildman–Crippen MR) is 135 cm³/mol. The second kappa shape index (κ2) is 11.2. The molecule has 2 fully saturated rings. The smallest absolute Gasteiger partial charge is 0.406 e. The fraction of sp³-hybridized carbons (Fsp3) is 0.593. The zero-order valence-electron chi connectivity index (χ0n) is 20.7. The van der Waals surface area contributed by atoms with Crippen molar-refractivity contribution in [3.63, 3.8) is 0 Å². The van der Waals surface area contributed by atoms with Crippen LogP contribution in [-0.4, -0.2) is 51.7 Å². The van der Waals surface area contributed by atoms with E-state index in [0.29, 0.717) is 6.04 Å². The summed E-state index contributed by atoms with van der Waals surface area (Å²) in [5.74, 6) is 0.822. The number of likely N-dealkylation sites (tertiary alicyclic amines) is 1. The zero-order chi connectivity index (χ0) is 24.9. The van der Waals surface area contributed by atoms with E-state index >= 15 is 0 Å². The number of nitriles is 1. The molecule has 1 aromatic heterocycles. The van der Waals surface area contributed by atoms with Gasteiger partial charge in [-0.25, -0.2) is 4.79 Å². The van der Waals surface area contributed by atoms with Crippen LogP contribution < -0.4 is 10.6 Å². The molecule has 0 bridgehead atoms. The van der Waals surface area contributed by atoms with Crippen LogP contribution in [0.5, 0.6) is 0 Å². The number of nitrogens with one attached hydrogen (secondary N) is 2. The van der Waals surface area contributed by atoms with Gasteiger partial charge >= 0.3 is 6.09 Å². The number of hydrogen-bond acceptors (Lipinski definition) is 5. The van der Waals surface area contributed by atoms with E-state index in [0.717, 1.165) is 60.3 Å². The Morgan fingerprint density at radius 3 is 2.40 bits per heavy atom. The third-order valence-corrected chi connectivity index (χ3v) is 8.05. The molecule has 0 radical (unpaired) electrons. The summed E-state index contributed by atoms with van der Waals surface area (Å²) in [6.07, 6.45) is 7.08. The molecule has 2 aromatic rings. The molecule has 1 saturated carbocycles. The number of carboxylic acid groups (broad SMARTS) is 1. The Bertz CT molecular complexity index is 1070. The average molecular weight is 480 g/mol. The SMILES string of the molecule is CC(C)[C@H]1CC[C@@H](N2CCC(n3cc(CNC(NC(=O)O)C(=O)C#N)c4ccccc43)CC2)CC1. The van der Waals surface area contributed by atoms with Crippen molar-refractivity contribution in [1.82, 2.24) is 20.1 Å². The van der Waals surface area contributed by atoms with Gasteiger partial charge in [-0.05, 0) is 62.0 Å². The number of amides is 1. The highest BCUT2D eigenvalue weighted by Crippen LogP contribution is 2.35. The maximum Gasteiger partial charge on any atom is 0.406 e. The van der Waals surface area contributed by atoms with Crippen LogP contribution in [0.3, 0.4) is 0 Å². The zero-order valence-corrected chi connectivity index (χ0v) is 20.7. The van der Waals surface area contributed by atoms with E-state index in [1.807, 2.05) is 12.1 Å². The van der Waals surface area contributed by atoms with Gasteiger partial charge in [0.2, 0.25) is 0 Å². The quantitative estimate of drug-likeness (QED) is 0.385. The van der Waals surface area contributed by atoms with Gasteiger partial charge in [-0.3, -0.25) is 15.4 Å². The molecular weight excluding hydrogens is 442 g/mol. The summed E-state index contributed by atoms with van der Waals surface area (Å²) in [6.45, 7) is 7.22. The lowest BCUT2D eigenvalue weighted by atomic mass is 9.79. The highest BCUT2D eigenvalue weighted by molar-refractivity contribution is 5.98. The van der Waals surface area contributed by atoms with Crippen LogP contribution in [0.15, 0.2) is 30.5 Å². The Morgan fingerprint density at radius 1 is 1.09 bits per heavy atom. The van der Waals surface area contributed by atoms with E-state index in [9.17, 15) is 9.59 Å². The molecule has 1 amide bonds. The van der Waals surface area contributed by atoms with Gasteiger partial charge in [-0.1, -0.05) is 32.0 Å². The number of piperidine rings is 1. The Hall–Kier alpha value is -2.89. The van der Waals surface area contributed by atoms with Gasteiger partial charge in [0.1, 0.15) is 6.07 Å². The van der Waals surface area contributed by atoms with Crippen LogP contribution in [0.2, 0.25) is 0 Å². The molecule has 0 spiro atoms. The van der Waals surface area contributed by atoms with Gasteiger partial charge in [0.15, 0.2) is 6.17 Å². The van der Waals surface area contributed by atoms with Crippen molar-refractivity contribution in [3.05, 3.63) is 36.0 Å². The number of hydrogen-bond donors (Lipinski definition) is 3. The molecule has 1 aliphatic carbocycles. The maximum atomic E-state index is 11.8. The van der Waals surface area contributed by atoms with Gasteiger partial charge in [-0.2, -0.15) is 5.26 Å². The third-order valence-electron chi connectivity index (χ3n) is 8.05. The largest absolute Gasteiger partial charge is 0.465 e. The van der Waals surface area contributed by atoms with E-state index in [1.54, 1.807) is 0 Å². The number of carbonyl (C=O) groups is 2. The van der Waals surface area contributed by atoms with Crippen LogP contribution in [0.25, 0.3) is 10.9 Å². The molecule has 4 rings (SSSR count). The fourth-order valence-electron chi connectivity index (χ4n) is 5.99. The van der Waals surface area contributed by atoms with Gasteiger partial charge in [0.05, 0.1) is 0 Å². The number of rotatable bonds is 8. The fourth-order valence-corrected chi connectivity index (χ4v) is 5.99. The maximum absolute atomic E-state index is 11.8. The van der Waals surface area contributed by atoms with Crippen molar-refractivity contribution in [1.29, 1.82) is 5.26 Å². The first kappa shape index (κ1) is 25.2. The lowest BCUT2D eigenvalue weighted by molar-refractivity contribution is -0.116. The molecule has 2 heterocycles. The van der Waals surface area contributed by atoms with Crippen LogP contribution in [0.4, 0.5) is 4.79 Å². The van der Waals surface area contributed by atoms with Gasteiger partial charge in [0.25, 0.3) is 5.78 Å². The highest BCUT2D eigenvalue weighted by atomic mass is 16.4. The van der Waals surface area contributed by atoms with E-state index in [2.05, 4.69) is 52.3 Å². The lowest BCUT2D eigenvalue weighted by Crippen LogP contribution is -2.49. The molecule has 1 unspecified atom stereocenters. The number of carbonyl (C=O) groups excluding carboxylic acids is 1. The second-order valence-corrected chi connectivity index (χ2v) is 10.4. The van der Waals surface area contributed by atoms with Crippen LogP contribution in [0.1, 0.15) is 64.0 Å². The first-order valence-corrected chi connectivity index (χ1v) is 12.9. The summed E-state index contributed by atoms with van der Waals surface area (Å²) in [6, 6.07) is 10.8. The molecule has 8 nitrogen and oxygen atoms in total. The Morgan fingerprint density at radius 2 is 1.77 bits per heavy atom. The minimum atomic E-state index is -1.35. The van der Waals surface area contributed by atoms with Crippen molar-refractivity contribution >= 4 is 22.8 Å². The minimum Gasteiger partial charge on any atom is -0.465 e. The Kier molecular flexibility index (Phi) is 8.09. The number of aromatic nitrogens is 1. The molecule has 35 heavy (non-hydrogen) atoms. The topological polar surface area (TPSA) is 110 Å². The van der Waals surface area contributed by atoms with Crippen LogP contribution in [0, 0.1) is 23.2 Å². The first-order chi connectivity index (χ1) is 16.9. The highest BCUT2D eigenvalue weighted by Gasteiger charge is 2.31. The van der Waals surface area contributed by atoms with E-state index in [-0.39, 0.29) is 6.54 Å². The number of fused-ring (bicyclic) bond motifs is 1. The monoisotopic (exact) mass is 479 g/mol. The number of nitrogens with zero attached hydrogens (tertiary/aromatic N) is 3.